The minimum Gasteiger partial charge on any atom is -0.394 e. The number of nitrogens with two attached hydrogens (primary N) is 1. The van der Waals surface area contributed by atoms with Gasteiger partial charge >= 0.3 is 0 Å². The van der Waals surface area contributed by atoms with Gasteiger partial charge < -0.3 is 20.7 Å². The normalized spacial score (nSPS) is 30.2. The van der Waals surface area contributed by atoms with Crippen molar-refractivity contribution in [2.24, 2.45) is 0 Å². The zero-order valence-electron chi connectivity index (χ0n) is 10.0. The van der Waals surface area contributed by atoms with Gasteiger partial charge in [-0.3, -0.25) is 4.57 Å². The lowest BCUT2D eigenvalue weighted by atomic mass is 10.1. The molecular formula is C10H11ClFN5O3. The fourth-order valence-electron chi connectivity index (χ4n) is 2.17. The van der Waals surface area contributed by atoms with Gasteiger partial charge in [-0.2, -0.15) is 9.97 Å². The van der Waals surface area contributed by atoms with E-state index in [0.29, 0.717) is 0 Å². The van der Waals surface area contributed by atoms with Crippen molar-refractivity contribution in [3.05, 3.63) is 11.5 Å². The fourth-order valence-corrected chi connectivity index (χ4v) is 2.39. The average Bonchev–Trinajstić information content (AvgIpc) is 2.93. The summed E-state index contributed by atoms with van der Waals surface area (Å²) < 4.78 is 20.3. The highest BCUT2D eigenvalue weighted by atomic mass is 35.5. The van der Waals surface area contributed by atoms with Gasteiger partial charge in [0.2, 0.25) is 5.95 Å². The van der Waals surface area contributed by atoms with Crippen molar-refractivity contribution in [1.82, 2.24) is 19.5 Å². The molecule has 0 amide bonds. The molecule has 0 bridgehead atoms. The van der Waals surface area contributed by atoms with E-state index in [9.17, 15) is 9.50 Å². The van der Waals surface area contributed by atoms with Crippen LogP contribution in [0.25, 0.3) is 11.2 Å². The maximum atomic E-state index is 13.7. The van der Waals surface area contributed by atoms with Gasteiger partial charge in [0, 0.05) is 0 Å². The first-order valence-corrected chi connectivity index (χ1v) is 6.14. The molecule has 2 aromatic heterocycles. The Kier molecular flexibility index (Phi) is 3.21. The summed E-state index contributed by atoms with van der Waals surface area (Å²) in [4.78, 5) is 11.7. The van der Waals surface area contributed by atoms with Crippen molar-refractivity contribution >= 4 is 28.7 Å². The number of anilines is 1. The topological polar surface area (TPSA) is 119 Å². The van der Waals surface area contributed by atoms with E-state index in [2.05, 4.69) is 15.0 Å². The molecule has 1 aliphatic rings. The predicted octanol–water partition coefficient (Wildman–Crippen LogP) is -0.349. The molecule has 10 heteroatoms. The Morgan fingerprint density at radius 1 is 1.50 bits per heavy atom. The minimum absolute atomic E-state index is 0.0502. The van der Waals surface area contributed by atoms with Crippen LogP contribution in [-0.4, -0.2) is 54.7 Å². The second kappa shape index (κ2) is 4.77. The number of aliphatic hydroxyl groups is 2. The summed E-state index contributed by atoms with van der Waals surface area (Å²) in [5, 5.41) is 18.9. The number of nitrogens with zero attached hydrogens (tertiary/aromatic N) is 4. The van der Waals surface area contributed by atoms with Crippen LogP contribution in [0.15, 0.2) is 6.33 Å². The molecule has 2 aromatic rings. The number of aromatic nitrogens is 4. The van der Waals surface area contributed by atoms with E-state index in [0.717, 1.165) is 0 Å². The van der Waals surface area contributed by atoms with Crippen LogP contribution in [0.2, 0.25) is 5.15 Å². The molecule has 1 saturated heterocycles. The summed E-state index contributed by atoms with van der Waals surface area (Å²) in [6, 6.07) is 0. The fraction of sp³-hybridized carbons (Fsp3) is 0.500. The maximum Gasteiger partial charge on any atom is 0.223 e. The van der Waals surface area contributed by atoms with Gasteiger partial charge in [0.25, 0.3) is 0 Å². The first kappa shape index (κ1) is 13.4. The van der Waals surface area contributed by atoms with Gasteiger partial charge in [-0.05, 0) is 0 Å². The number of rotatable bonds is 2. The molecule has 8 nitrogen and oxygen atoms in total. The number of fused-ring (bicyclic) bond motifs is 1. The molecule has 4 N–H and O–H groups in total. The highest BCUT2D eigenvalue weighted by Crippen LogP contribution is 2.33. The summed E-state index contributed by atoms with van der Waals surface area (Å²) in [6.07, 6.45) is -4.05. The summed E-state index contributed by atoms with van der Waals surface area (Å²) in [5.41, 5.74) is 5.98. The third kappa shape index (κ3) is 1.90. The van der Waals surface area contributed by atoms with Crippen LogP contribution < -0.4 is 5.73 Å². The quantitative estimate of drug-likeness (QED) is 0.649. The number of ether oxygens (including phenoxy) is 1. The van der Waals surface area contributed by atoms with Gasteiger partial charge in [0.1, 0.15) is 17.7 Å². The second-order valence-corrected chi connectivity index (χ2v) is 4.74. The Balaban J connectivity index is 2.07. The Morgan fingerprint density at radius 3 is 2.90 bits per heavy atom. The standard InChI is InChI=1S/C10H11ClFN5O3/c11-7-5-8(16-10(13)15-7)17(2-14-5)9-6(19)4(12)3(1-18)20-9/h2-4,6,9,18-19H,1H2,(H2,13,15,16)/t3-,4?,6+,9-/m1/s1. The first-order chi connectivity index (χ1) is 9.52. The molecule has 0 spiro atoms. The number of alkyl halides is 1. The van der Waals surface area contributed by atoms with E-state index in [1.54, 1.807) is 0 Å². The van der Waals surface area contributed by atoms with Crippen LogP contribution in [0, 0.1) is 0 Å². The van der Waals surface area contributed by atoms with Crippen LogP contribution in [-0.2, 0) is 4.74 Å². The largest absolute Gasteiger partial charge is 0.394 e. The molecule has 1 unspecified atom stereocenters. The number of aliphatic hydroxyl groups excluding tert-OH is 2. The molecule has 3 rings (SSSR count). The lowest BCUT2D eigenvalue weighted by molar-refractivity contribution is -0.0495. The first-order valence-electron chi connectivity index (χ1n) is 5.77. The smallest absolute Gasteiger partial charge is 0.223 e. The minimum atomic E-state index is -1.71. The van der Waals surface area contributed by atoms with Gasteiger partial charge in [-0.25, -0.2) is 9.37 Å². The van der Waals surface area contributed by atoms with Crippen LogP contribution in [0.5, 0.6) is 0 Å². The number of hydrogen-bond donors (Lipinski definition) is 3. The van der Waals surface area contributed by atoms with E-state index in [1.165, 1.54) is 10.9 Å². The Bertz CT molecular complexity index is 653. The molecule has 20 heavy (non-hydrogen) atoms. The zero-order valence-corrected chi connectivity index (χ0v) is 10.8. The van der Waals surface area contributed by atoms with E-state index >= 15 is 0 Å². The molecule has 4 atom stereocenters. The maximum absolute atomic E-state index is 13.7. The number of halogens is 2. The number of hydrogen-bond acceptors (Lipinski definition) is 7. The zero-order chi connectivity index (χ0) is 14.4. The Labute approximate surface area is 117 Å². The third-order valence-electron chi connectivity index (χ3n) is 3.14. The van der Waals surface area contributed by atoms with Crippen molar-refractivity contribution < 1.29 is 19.3 Å². The van der Waals surface area contributed by atoms with E-state index < -0.39 is 31.2 Å². The van der Waals surface area contributed by atoms with Gasteiger partial charge in [0.05, 0.1) is 12.9 Å². The second-order valence-electron chi connectivity index (χ2n) is 4.38. The van der Waals surface area contributed by atoms with Crippen molar-refractivity contribution in [2.75, 3.05) is 12.3 Å². The van der Waals surface area contributed by atoms with Crippen LogP contribution in [0.3, 0.4) is 0 Å². The lowest BCUT2D eigenvalue weighted by Gasteiger charge is -2.16. The molecule has 0 saturated carbocycles. The van der Waals surface area contributed by atoms with Crippen molar-refractivity contribution in [3.8, 4) is 0 Å². The summed E-state index contributed by atoms with van der Waals surface area (Å²) in [5.74, 6) is -0.0766. The monoisotopic (exact) mass is 303 g/mol. The third-order valence-corrected chi connectivity index (χ3v) is 3.40. The van der Waals surface area contributed by atoms with Crippen LogP contribution in [0.1, 0.15) is 6.23 Å². The average molecular weight is 304 g/mol. The highest BCUT2D eigenvalue weighted by Gasteiger charge is 2.45. The summed E-state index contributed by atoms with van der Waals surface area (Å²) in [7, 11) is 0. The SMILES string of the molecule is Nc1nc(Cl)c2ncn([C@@H]3O[C@H](CO)C(F)[C@@H]3O)c2n1. The molecule has 1 fully saturated rings. The molecular weight excluding hydrogens is 293 g/mol. The lowest BCUT2D eigenvalue weighted by Crippen LogP contribution is -2.29. The highest BCUT2D eigenvalue weighted by molar-refractivity contribution is 6.33. The van der Waals surface area contributed by atoms with Crippen molar-refractivity contribution in [2.45, 2.75) is 24.6 Å². The number of imidazole rings is 1. The van der Waals surface area contributed by atoms with Crippen LogP contribution >= 0.6 is 11.6 Å². The van der Waals surface area contributed by atoms with E-state index in [4.69, 9.17) is 27.2 Å². The van der Waals surface area contributed by atoms with Gasteiger partial charge in [0.15, 0.2) is 23.2 Å². The molecule has 1 aliphatic heterocycles. The molecule has 0 radical (unpaired) electrons. The summed E-state index contributed by atoms with van der Waals surface area (Å²) in [6.45, 7) is -0.542. The van der Waals surface area contributed by atoms with Crippen molar-refractivity contribution in [3.63, 3.8) is 0 Å². The van der Waals surface area contributed by atoms with E-state index in [1.807, 2.05) is 0 Å². The molecule has 108 valence electrons. The van der Waals surface area contributed by atoms with Gasteiger partial charge in [-0.1, -0.05) is 11.6 Å². The Morgan fingerprint density at radius 2 is 2.25 bits per heavy atom. The molecule has 3 heterocycles. The predicted molar refractivity (Wildman–Crippen MR) is 66.6 cm³/mol. The van der Waals surface area contributed by atoms with Crippen LogP contribution in [0.4, 0.5) is 10.3 Å². The summed E-state index contributed by atoms with van der Waals surface area (Å²) >= 11 is 5.88. The number of nitrogen functional groups attached to an aromatic ring is 1. The van der Waals surface area contributed by atoms with Gasteiger partial charge in [-0.15, -0.1) is 0 Å². The molecule has 0 aliphatic carbocycles. The molecule has 0 aromatic carbocycles. The Hall–Kier alpha value is -1.55. The van der Waals surface area contributed by atoms with Crippen molar-refractivity contribution in [1.29, 1.82) is 0 Å². The van der Waals surface area contributed by atoms with E-state index in [-0.39, 0.29) is 22.3 Å².